The van der Waals surface area contributed by atoms with Gasteiger partial charge in [0.05, 0.1) is 0 Å². The number of amides is 1. The first kappa shape index (κ1) is 17.9. The summed E-state index contributed by atoms with van der Waals surface area (Å²) < 4.78 is 16.1. The zero-order valence-corrected chi connectivity index (χ0v) is 15.9. The highest BCUT2D eigenvalue weighted by atomic mass is 32.1. The number of thiophene rings is 1. The van der Waals surface area contributed by atoms with E-state index in [4.69, 9.17) is 14.2 Å². The largest absolute Gasteiger partial charge is 0.486 e. The topological polar surface area (TPSA) is 73.9 Å². The van der Waals surface area contributed by atoms with E-state index in [0.29, 0.717) is 41.2 Å². The van der Waals surface area contributed by atoms with Crippen LogP contribution in [0.4, 0.5) is 5.69 Å². The van der Waals surface area contributed by atoms with Gasteiger partial charge in [0.15, 0.2) is 18.1 Å². The minimum absolute atomic E-state index is 0.327. The van der Waals surface area contributed by atoms with Crippen LogP contribution in [0.25, 0.3) is 0 Å². The zero-order chi connectivity index (χ0) is 18.8. The van der Waals surface area contributed by atoms with E-state index in [1.54, 1.807) is 18.2 Å². The van der Waals surface area contributed by atoms with Crippen LogP contribution >= 0.6 is 11.3 Å². The molecule has 6 nitrogen and oxygen atoms in total. The molecular formula is C20H21NO5S. The third kappa shape index (κ3) is 4.08. The van der Waals surface area contributed by atoms with Crippen LogP contribution in [-0.2, 0) is 22.4 Å². The average molecular weight is 387 g/mol. The van der Waals surface area contributed by atoms with Crippen molar-refractivity contribution in [3.63, 3.8) is 0 Å². The average Bonchev–Trinajstić information content (AvgIpc) is 3.09. The lowest BCUT2D eigenvalue weighted by molar-refractivity contribution is -0.119. The van der Waals surface area contributed by atoms with E-state index in [2.05, 4.69) is 12.2 Å². The van der Waals surface area contributed by atoms with Gasteiger partial charge in [0.25, 0.3) is 5.91 Å². The van der Waals surface area contributed by atoms with Gasteiger partial charge in [-0.25, -0.2) is 4.79 Å². The molecule has 0 fully saturated rings. The van der Waals surface area contributed by atoms with Crippen LogP contribution in [-0.4, -0.2) is 31.7 Å². The Labute approximate surface area is 161 Å². The van der Waals surface area contributed by atoms with Crippen molar-refractivity contribution in [2.75, 3.05) is 25.1 Å². The van der Waals surface area contributed by atoms with Gasteiger partial charge in [-0.1, -0.05) is 6.92 Å². The number of fused-ring (bicyclic) bond motifs is 2. The highest BCUT2D eigenvalue weighted by Crippen LogP contribution is 2.33. The molecule has 1 aromatic heterocycles. The second kappa shape index (κ2) is 7.60. The van der Waals surface area contributed by atoms with Gasteiger partial charge in [0, 0.05) is 16.6 Å². The summed E-state index contributed by atoms with van der Waals surface area (Å²) in [6.45, 7) is 2.89. The fourth-order valence-electron chi connectivity index (χ4n) is 3.33. The van der Waals surface area contributed by atoms with Gasteiger partial charge in [-0.15, -0.1) is 11.3 Å². The lowest BCUT2D eigenvalue weighted by Gasteiger charge is -2.18. The van der Waals surface area contributed by atoms with Crippen molar-refractivity contribution < 1.29 is 23.8 Å². The maximum absolute atomic E-state index is 12.3. The van der Waals surface area contributed by atoms with Crippen molar-refractivity contribution >= 4 is 28.9 Å². The summed E-state index contributed by atoms with van der Waals surface area (Å²) in [4.78, 5) is 26.2. The minimum Gasteiger partial charge on any atom is -0.486 e. The Morgan fingerprint density at radius 2 is 2.04 bits per heavy atom. The van der Waals surface area contributed by atoms with Crippen molar-refractivity contribution in [2.45, 2.75) is 26.2 Å². The quantitative estimate of drug-likeness (QED) is 0.814. The Morgan fingerprint density at radius 3 is 2.89 bits per heavy atom. The van der Waals surface area contributed by atoms with Gasteiger partial charge >= 0.3 is 5.97 Å². The van der Waals surface area contributed by atoms with E-state index in [9.17, 15) is 9.59 Å². The molecule has 7 heteroatoms. The van der Waals surface area contributed by atoms with Crippen molar-refractivity contribution in [1.82, 2.24) is 0 Å². The van der Waals surface area contributed by atoms with Crippen LogP contribution < -0.4 is 14.8 Å². The molecule has 4 rings (SSSR count). The maximum Gasteiger partial charge on any atom is 0.348 e. The molecule has 1 amide bonds. The summed E-state index contributed by atoms with van der Waals surface area (Å²) in [6, 6.07) is 7.08. The molecule has 2 heterocycles. The number of rotatable bonds is 4. The molecular weight excluding hydrogens is 366 g/mol. The minimum atomic E-state index is -0.445. The van der Waals surface area contributed by atoms with Gasteiger partial charge in [0.2, 0.25) is 0 Å². The van der Waals surface area contributed by atoms with Crippen LogP contribution in [0.5, 0.6) is 11.5 Å². The number of ether oxygens (including phenoxy) is 3. The molecule has 142 valence electrons. The SMILES string of the molecule is CC1CCc2sc(C(=O)OCC(=O)Nc3ccc4c(c3)OCCO4)cc2C1. The van der Waals surface area contributed by atoms with Gasteiger partial charge in [-0.2, -0.15) is 0 Å². The Hall–Kier alpha value is -2.54. The molecule has 0 radical (unpaired) electrons. The van der Waals surface area contributed by atoms with Crippen molar-refractivity contribution in [1.29, 1.82) is 0 Å². The highest BCUT2D eigenvalue weighted by molar-refractivity contribution is 7.14. The van der Waals surface area contributed by atoms with Crippen LogP contribution in [0.2, 0.25) is 0 Å². The third-order valence-electron chi connectivity index (χ3n) is 4.69. The van der Waals surface area contributed by atoms with Crippen LogP contribution in [0.1, 0.15) is 33.5 Å². The number of carbonyl (C=O) groups is 2. The molecule has 0 saturated carbocycles. The number of hydrogen-bond donors (Lipinski definition) is 1. The Balaban J connectivity index is 1.32. The lowest BCUT2D eigenvalue weighted by atomic mass is 9.90. The van der Waals surface area contributed by atoms with Crippen molar-refractivity contribution in [3.8, 4) is 11.5 Å². The third-order valence-corrected chi connectivity index (χ3v) is 5.91. The summed E-state index contributed by atoms with van der Waals surface area (Å²) in [5, 5.41) is 2.71. The van der Waals surface area contributed by atoms with Gasteiger partial charge < -0.3 is 19.5 Å². The number of benzene rings is 1. The maximum atomic E-state index is 12.3. The molecule has 1 atom stereocenters. The molecule has 0 bridgehead atoms. The standard InChI is InChI=1S/C20H21NO5S/c1-12-2-5-17-13(8-12)9-18(27-17)20(23)26-11-19(22)21-14-3-4-15-16(10-14)25-7-6-24-15/h3-4,9-10,12H,2,5-8,11H2,1H3,(H,21,22). The van der Waals surface area contributed by atoms with E-state index in [-0.39, 0.29) is 6.61 Å². The summed E-state index contributed by atoms with van der Waals surface area (Å²) in [6.07, 6.45) is 3.17. The van der Waals surface area contributed by atoms with Crippen LogP contribution in [0, 0.1) is 5.92 Å². The number of aryl methyl sites for hydroxylation is 1. The molecule has 1 aliphatic carbocycles. The first-order valence-corrected chi connectivity index (χ1v) is 9.88. The second-order valence-electron chi connectivity index (χ2n) is 6.89. The first-order chi connectivity index (χ1) is 13.1. The smallest absolute Gasteiger partial charge is 0.348 e. The molecule has 1 aliphatic heterocycles. The Morgan fingerprint density at radius 1 is 1.22 bits per heavy atom. The van der Waals surface area contributed by atoms with E-state index < -0.39 is 11.9 Å². The first-order valence-electron chi connectivity index (χ1n) is 9.06. The lowest BCUT2D eigenvalue weighted by Crippen LogP contribution is -2.21. The van der Waals surface area contributed by atoms with Crippen LogP contribution in [0.15, 0.2) is 24.3 Å². The number of anilines is 1. The van der Waals surface area contributed by atoms with E-state index in [1.807, 2.05) is 6.07 Å². The fourth-order valence-corrected chi connectivity index (χ4v) is 4.43. The van der Waals surface area contributed by atoms with Crippen LogP contribution in [0.3, 0.4) is 0 Å². The molecule has 0 spiro atoms. The molecule has 0 saturated heterocycles. The van der Waals surface area contributed by atoms with Crippen molar-refractivity contribution in [3.05, 3.63) is 39.6 Å². The normalized spacial score (nSPS) is 17.7. The second-order valence-corrected chi connectivity index (χ2v) is 8.03. The predicted octanol–water partition coefficient (Wildman–Crippen LogP) is 3.44. The molecule has 2 aromatic rings. The fraction of sp³-hybridized carbons (Fsp3) is 0.400. The Bertz CT molecular complexity index is 875. The number of carbonyl (C=O) groups excluding carboxylic acids is 2. The summed E-state index contributed by atoms with van der Waals surface area (Å²) in [7, 11) is 0. The summed E-state index contributed by atoms with van der Waals surface area (Å²) >= 11 is 1.48. The van der Waals surface area contributed by atoms with Gasteiger partial charge in [0.1, 0.15) is 18.1 Å². The number of nitrogens with one attached hydrogen (secondary N) is 1. The number of esters is 1. The number of hydrogen-bond acceptors (Lipinski definition) is 6. The summed E-state index contributed by atoms with van der Waals surface area (Å²) in [5.74, 6) is 1.05. The zero-order valence-electron chi connectivity index (χ0n) is 15.1. The molecule has 1 aromatic carbocycles. The van der Waals surface area contributed by atoms with E-state index >= 15 is 0 Å². The van der Waals surface area contributed by atoms with Gasteiger partial charge in [-0.05, 0) is 48.9 Å². The Kier molecular flexibility index (Phi) is 5.03. The molecule has 2 aliphatic rings. The molecule has 1 unspecified atom stereocenters. The van der Waals surface area contributed by atoms with E-state index in [0.717, 1.165) is 19.3 Å². The molecule has 1 N–H and O–H groups in total. The highest BCUT2D eigenvalue weighted by Gasteiger charge is 2.22. The molecule has 27 heavy (non-hydrogen) atoms. The summed E-state index contributed by atoms with van der Waals surface area (Å²) in [5.41, 5.74) is 1.81. The van der Waals surface area contributed by atoms with Crippen molar-refractivity contribution in [2.24, 2.45) is 5.92 Å². The van der Waals surface area contributed by atoms with E-state index in [1.165, 1.54) is 21.8 Å². The van der Waals surface area contributed by atoms with Gasteiger partial charge in [-0.3, -0.25) is 4.79 Å². The monoisotopic (exact) mass is 387 g/mol. The predicted molar refractivity (Wildman–Crippen MR) is 102 cm³/mol.